The van der Waals surface area contributed by atoms with E-state index in [1.807, 2.05) is 11.7 Å². The largest absolute Gasteiger partial charge is 0.353 e. The molecule has 3 rings (SSSR count). The molecule has 1 aromatic heterocycles. The molecule has 0 radical (unpaired) electrons. The van der Waals surface area contributed by atoms with Gasteiger partial charge >= 0.3 is 0 Å². The fourth-order valence-corrected chi connectivity index (χ4v) is 3.40. The molecule has 1 aliphatic heterocycles. The number of likely N-dealkylation sites (tertiary alicyclic amines) is 1. The summed E-state index contributed by atoms with van der Waals surface area (Å²) in [6.45, 7) is 3.04. The van der Waals surface area contributed by atoms with Gasteiger partial charge in [0.1, 0.15) is 0 Å². The van der Waals surface area contributed by atoms with Crippen molar-refractivity contribution in [1.29, 1.82) is 0 Å². The van der Waals surface area contributed by atoms with Crippen molar-refractivity contribution in [3.8, 4) is 0 Å². The second-order valence-electron chi connectivity index (χ2n) is 5.65. The number of carbonyl (C=O) groups excluding carboxylic acids is 1. The summed E-state index contributed by atoms with van der Waals surface area (Å²) in [6, 6.07) is 0.475. The van der Waals surface area contributed by atoms with Gasteiger partial charge in [-0.2, -0.15) is 0 Å². The van der Waals surface area contributed by atoms with Crippen LogP contribution in [0.4, 0.5) is 0 Å². The number of hydrogen-bond donors (Lipinski definition) is 1. The van der Waals surface area contributed by atoms with Crippen LogP contribution in [0.25, 0.3) is 0 Å². The molecule has 1 aromatic rings. The summed E-state index contributed by atoms with van der Waals surface area (Å²) in [4.78, 5) is 19.9. The standard InChI is InChI=1S/C14H21N3OS/c18-14(16-12-2-1-3-12)11-4-6-17(7-5-11)9-13-8-15-10-19-13/h8,10-12H,1-7,9H2,(H,16,18). The highest BCUT2D eigenvalue weighted by atomic mass is 32.1. The maximum atomic E-state index is 12.1. The van der Waals surface area contributed by atoms with E-state index in [1.54, 1.807) is 11.3 Å². The lowest BCUT2D eigenvalue weighted by Gasteiger charge is -2.33. The zero-order valence-corrected chi connectivity index (χ0v) is 12.0. The fourth-order valence-electron chi connectivity index (χ4n) is 2.77. The zero-order chi connectivity index (χ0) is 13.1. The molecule has 104 valence electrons. The summed E-state index contributed by atoms with van der Waals surface area (Å²) in [5.74, 6) is 0.528. The van der Waals surface area contributed by atoms with E-state index in [0.29, 0.717) is 11.9 Å². The van der Waals surface area contributed by atoms with E-state index < -0.39 is 0 Å². The minimum atomic E-state index is 0.235. The Morgan fingerprint density at radius 3 is 2.74 bits per heavy atom. The number of aromatic nitrogens is 1. The van der Waals surface area contributed by atoms with E-state index in [0.717, 1.165) is 32.5 Å². The van der Waals surface area contributed by atoms with Gasteiger partial charge in [-0.05, 0) is 45.2 Å². The van der Waals surface area contributed by atoms with Crippen LogP contribution < -0.4 is 5.32 Å². The Hall–Kier alpha value is -0.940. The minimum Gasteiger partial charge on any atom is -0.353 e. The summed E-state index contributed by atoms with van der Waals surface area (Å²) in [6.07, 6.45) is 7.57. The average Bonchev–Trinajstić information content (AvgIpc) is 2.87. The highest BCUT2D eigenvalue weighted by Crippen LogP contribution is 2.23. The first-order valence-corrected chi connectivity index (χ1v) is 8.09. The van der Waals surface area contributed by atoms with Gasteiger partial charge in [-0.15, -0.1) is 11.3 Å². The normalized spacial score (nSPS) is 22.1. The predicted octanol–water partition coefficient (Wildman–Crippen LogP) is 2.02. The molecule has 1 saturated heterocycles. The third-order valence-electron chi connectivity index (χ3n) is 4.27. The van der Waals surface area contributed by atoms with E-state index in [1.165, 1.54) is 24.1 Å². The van der Waals surface area contributed by atoms with Gasteiger partial charge in [-0.25, -0.2) is 0 Å². The molecule has 5 heteroatoms. The maximum absolute atomic E-state index is 12.1. The molecule has 1 saturated carbocycles. The van der Waals surface area contributed by atoms with Crippen LogP contribution >= 0.6 is 11.3 Å². The molecule has 19 heavy (non-hydrogen) atoms. The summed E-state index contributed by atoms with van der Waals surface area (Å²) in [5, 5.41) is 3.18. The van der Waals surface area contributed by atoms with Crippen molar-refractivity contribution in [2.75, 3.05) is 13.1 Å². The molecule has 2 aliphatic rings. The molecular weight excluding hydrogens is 258 g/mol. The Morgan fingerprint density at radius 1 is 1.37 bits per heavy atom. The third-order valence-corrected chi connectivity index (χ3v) is 5.04. The molecule has 0 unspecified atom stereocenters. The quantitative estimate of drug-likeness (QED) is 0.917. The van der Waals surface area contributed by atoms with E-state index in [4.69, 9.17) is 0 Å². The number of carbonyl (C=O) groups is 1. The lowest BCUT2D eigenvalue weighted by atomic mass is 9.90. The van der Waals surface area contributed by atoms with E-state index in [9.17, 15) is 4.79 Å². The molecule has 2 heterocycles. The van der Waals surface area contributed by atoms with Gasteiger partial charge in [0.05, 0.1) is 5.51 Å². The van der Waals surface area contributed by atoms with Crippen molar-refractivity contribution in [3.63, 3.8) is 0 Å². The van der Waals surface area contributed by atoms with Gasteiger partial charge in [-0.1, -0.05) is 0 Å². The first-order valence-electron chi connectivity index (χ1n) is 7.21. The van der Waals surface area contributed by atoms with Gasteiger partial charge in [0, 0.05) is 29.6 Å². The van der Waals surface area contributed by atoms with Crippen LogP contribution in [0.3, 0.4) is 0 Å². The van der Waals surface area contributed by atoms with E-state index in [2.05, 4.69) is 15.2 Å². The molecule has 1 amide bonds. The monoisotopic (exact) mass is 279 g/mol. The second kappa shape index (κ2) is 6.01. The first kappa shape index (κ1) is 13.1. The topological polar surface area (TPSA) is 45.2 Å². The smallest absolute Gasteiger partial charge is 0.223 e. The summed E-state index contributed by atoms with van der Waals surface area (Å²) in [7, 11) is 0. The van der Waals surface area contributed by atoms with Gasteiger partial charge in [-0.3, -0.25) is 14.7 Å². The van der Waals surface area contributed by atoms with Crippen LogP contribution in [0.15, 0.2) is 11.7 Å². The Morgan fingerprint density at radius 2 is 2.16 bits per heavy atom. The maximum Gasteiger partial charge on any atom is 0.223 e. The highest BCUT2D eigenvalue weighted by molar-refractivity contribution is 7.09. The Kier molecular flexibility index (Phi) is 4.13. The lowest BCUT2D eigenvalue weighted by Crippen LogP contribution is -2.45. The zero-order valence-electron chi connectivity index (χ0n) is 11.2. The molecular formula is C14H21N3OS. The van der Waals surface area contributed by atoms with Crippen LogP contribution in [0.2, 0.25) is 0 Å². The van der Waals surface area contributed by atoms with Crippen molar-refractivity contribution in [2.24, 2.45) is 5.92 Å². The second-order valence-corrected chi connectivity index (χ2v) is 6.63. The number of amides is 1. The average molecular weight is 279 g/mol. The van der Waals surface area contributed by atoms with Crippen molar-refractivity contribution in [1.82, 2.24) is 15.2 Å². The molecule has 4 nitrogen and oxygen atoms in total. The molecule has 0 aromatic carbocycles. The summed E-state index contributed by atoms with van der Waals surface area (Å²) < 4.78 is 0. The minimum absolute atomic E-state index is 0.235. The number of thiazole rings is 1. The van der Waals surface area contributed by atoms with Gasteiger partial charge in [0.15, 0.2) is 0 Å². The van der Waals surface area contributed by atoms with Crippen molar-refractivity contribution < 1.29 is 4.79 Å². The molecule has 0 bridgehead atoms. The Labute approximate surface area is 118 Å². The Balaban J connectivity index is 1.42. The van der Waals surface area contributed by atoms with Crippen LogP contribution in [-0.2, 0) is 11.3 Å². The highest BCUT2D eigenvalue weighted by Gasteiger charge is 2.28. The molecule has 0 atom stereocenters. The molecule has 1 N–H and O–H groups in total. The summed E-state index contributed by atoms with van der Waals surface area (Å²) in [5.41, 5.74) is 1.88. The van der Waals surface area contributed by atoms with E-state index in [-0.39, 0.29) is 5.92 Å². The van der Waals surface area contributed by atoms with Crippen LogP contribution in [0.5, 0.6) is 0 Å². The summed E-state index contributed by atoms with van der Waals surface area (Å²) >= 11 is 1.71. The molecule has 0 spiro atoms. The lowest BCUT2D eigenvalue weighted by molar-refractivity contribution is -0.127. The van der Waals surface area contributed by atoms with E-state index >= 15 is 0 Å². The number of hydrogen-bond acceptors (Lipinski definition) is 4. The Bertz CT molecular complexity index is 408. The number of rotatable bonds is 4. The fraction of sp³-hybridized carbons (Fsp3) is 0.714. The first-order chi connectivity index (χ1) is 9.31. The van der Waals surface area contributed by atoms with Crippen molar-refractivity contribution in [3.05, 3.63) is 16.6 Å². The molecule has 2 fully saturated rings. The number of nitrogens with zero attached hydrogens (tertiary/aromatic N) is 2. The molecule has 1 aliphatic carbocycles. The van der Waals surface area contributed by atoms with Gasteiger partial charge in [0.25, 0.3) is 0 Å². The van der Waals surface area contributed by atoms with Gasteiger partial charge in [0.2, 0.25) is 5.91 Å². The van der Waals surface area contributed by atoms with Gasteiger partial charge < -0.3 is 5.32 Å². The van der Waals surface area contributed by atoms with Crippen LogP contribution in [-0.4, -0.2) is 34.9 Å². The van der Waals surface area contributed by atoms with Crippen LogP contribution in [0, 0.1) is 5.92 Å². The number of nitrogens with one attached hydrogen (secondary N) is 1. The third kappa shape index (κ3) is 3.34. The van der Waals surface area contributed by atoms with Crippen molar-refractivity contribution in [2.45, 2.75) is 44.7 Å². The SMILES string of the molecule is O=C(NC1CCC1)C1CCN(Cc2cncs2)CC1. The predicted molar refractivity (Wildman–Crippen MR) is 75.9 cm³/mol. The van der Waals surface area contributed by atoms with Crippen LogP contribution in [0.1, 0.15) is 37.0 Å². The number of piperidine rings is 1. The van der Waals surface area contributed by atoms with Crippen molar-refractivity contribution >= 4 is 17.2 Å².